The van der Waals surface area contributed by atoms with E-state index in [1.807, 2.05) is 6.92 Å². The highest BCUT2D eigenvalue weighted by Crippen LogP contribution is 2.33. The fraction of sp³-hybridized carbons (Fsp3) is 0.250. The van der Waals surface area contributed by atoms with Gasteiger partial charge in [0.05, 0.1) is 38.6 Å². The molecule has 0 saturated carbocycles. The zero-order valence-corrected chi connectivity index (χ0v) is 26.9. The van der Waals surface area contributed by atoms with Crippen molar-refractivity contribution in [3.8, 4) is 6.07 Å². The Kier molecular flexibility index (Phi) is 8.07. The summed E-state index contributed by atoms with van der Waals surface area (Å²) in [6.45, 7) is 10.6. The number of nitrogens with zero attached hydrogens (tertiary/aromatic N) is 4. The molecule has 44 heavy (non-hydrogen) atoms. The lowest BCUT2D eigenvalue weighted by atomic mass is 9.96. The Hall–Kier alpha value is -4.57. The van der Waals surface area contributed by atoms with E-state index in [0.29, 0.717) is 28.8 Å². The van der Waals surface area contributed by atoms with Gasteiger partial charge in [-0.3, -0.25) is 9.36 Å². The van der Waals surface area contributed by atoms with Crippen LogP contribution < -0.4 is 0 Å². The van der Waals surface area contributed by atoms with Crippen molar-refractivity contribution < 1.29 is 27.9 Å². The number of benzene rings is 3. The van der Waals surface area contributed by atoms with E-state index < -0.39 is 29.8 Å². The predicted octanol–water partition coefficient (Wildman–Crippen LogP) is 5.96. The molecule has 5 aromatic rings. The molecule has 1 N–H and O–H groups in total. The lowest BCUT2D eigenvalue weighted by molar-refractivity contribution is 0.0692. The van der Waals surface area contributed by atoms with Gasteiger partial charge in [-0.2, -0.15) is 5.26 Å². The van der Waals surface area contributed by atoms with Crippen LogP contribution in [0.25, 0.3) is 21.9 Å². The van der Waals surface area contributed by atoms with Crippen molar-refractivity contribution in [1.82, 2.24) is 13.5 Å². The summed E-state index contributed by atoms with van der Waals surface area (Å²) < 4.78 is 36.0. The molecule has 0 unspecified atom stereocenters. The highest BCUT2D eigenvalue weighted by atomic mass is 32.2. The minimum absolute atomic E-state index is 0.0197. The van der Waals surface area contributed by atoms with Gasteiger partial charge in [-0.05, 0) is 67.9 Å². The molecule has 0 aliphatic carbocycles. The summed E-state index contributed by atoms with van der Waals surface area (Å²) in [6, 6.07) is 16.9. The van der Waals surface area contributed by atoms with Gasteiger partial charge in [0.2, 0.25) is 5.78 Å². The van der Waals surface area contributed by atoms with E-state index in [9.17, 15) is 28.4 Å². The average molecular weight is 629 g/mol. The van der Waals surface area contributed by atoms with Crippen molar-refractivity contribution in [3.63, 3.8) is 0 Å². The lowest BCUT2D eigenvalue weighted by Gasteiger charge is -2.17. The molecule has 2 heterocycles. The van der Waals surface area contributed by atoms with Crippen molar-refractivity contribution in [2.75, 3.05) is 6.61 Å². The monoisotopic (exact) mass is 628 g/mol. The van der Waals surface area contributed by atoms with Gasteiger partial charge in [0, 0.05) is 31.8 Å². The van der Waals surface area contributed by atoms with Crippen LogP contribution in [0.2, 0.25) is 25.7 Å². The lowest BCUT2D eigenvalue weighted by Crippen LogP contribution is -2.22. The summed E-state index contributed by atoms with van der Waals surface area (Å²) >= 11 is 0. The fourth-order valence-corrected chi connectivity index (χ4v) is 7.26. The Bertz CT molecular complexity index is 2100. The second-order valence-corrected chi connectivity index (χ2v) is 19.4. The maximum atomic E-state index is 14.4. The molecule has 10 nitrogen and oxygen atoms in total. The molecule has 0 atom stereocenters. The van der Waals surface area contributed by atoms with Gasteiger partial charge in [0.15, 0.2) is 5.82 Å². The number of rotatable bonds is 10. The highest BCUT2D eigenvalue weighted by Gasteiger charge is 2.30. The van der Waals surface area contributed by atoms with E-state index in [0.717, 1.165) is 15.6 Å². The zero-order valence-electron chi connectivity index (χ0n) is 25.1. The molecule has 226 valence electrons. The largest absolute Gasteiger partial charge is 0.478 e. The van der Waals surface area contributed by atoms with Crippen molar-refractivity contribution >= 4 is 51.8 Å². The Balaban J connectivity index is 1.70. The van der Waals surface area contributed by atoms with E-state index in [1.54, 1.807) is 41.8 Å². The Morgan fingerprint density at radius 1 is 1.05 bits per heavy atom. The fourth-order valence-electron chi connectivity index (χ4n) is 5.09. The number of carboxylic acid groups (broad SMARTS) is 1. The second kappa shape index (κ2) is 11.5. The van der Waals surface area contributed by atoms with Crippen LogP contribution in [0.5, 0.6) is 0 Å². The SMILES string of the molecule is Cc1ccc(S(=O)(=O)n2ccc3c(C(=O)c4nc5cc(C#N)ccc5n4COCC[Si](C)(C)C)c(C(=O)O)cc(C)c32)cc1. The van der Waals surface area contributed by atoms with Crippen molar-refractivity contribution in [2.24, 2.45) is 0 Å². The van der Waals surface area contributed by atoms with Crippen LogP contribution in [0.1, 0.15) is 43.2 Å². The molecule has 12 heteroatoms. The van der Waals surface area contributed by atoms with Gasteiger partial charge >= 0.3 is 5.97 Å². The maximum absolute atomic E-state index is 14.4. The first-order chi connectivity index (χ1) is 20.7. The summed E-state index contributed by atoms with van der Waals surface area (Å²) in [5, 5.41) is 19.8. The summed E-state index contributed by atoms with van der Waals surface area (Å²) in [5.74, 6) is -2.13. The topological polar surface area (TPSA) is 144 Å². The predicted molar refractivity (Wildman–Crippen MR) is 169 cm³/mol. The molecule has 0 aliphatic rings. The molecule has 3 aromatic carbocycles. The van der Waals surface area contributed by atoms with Crippen LogP contribution in [0, 0.1) is 25.2 Å². The Morgan fingerprint density at radius 3 is 2.39 bits per heavy atom. The number of imidazole rings is 1. The quantitative estimate of drug-likeness (QED) is 0.113. The number of aromatic carboxylic acids is 1. The number of fused-ring (bicyclic) bond motifs is 2. The number of aromatic nitrogens is 3. The summed E-state index contributed by atoms with van der Waals surface area (Å²) in [7, 11) is -5.48. The van der Waals surface area contributed by atoms with E-state index in [4.69, 9.17) is 4.74 Å². The van der Waals surface area contributed by atoms with Gasteiger partial charge in [0.25, 0.3) is 10.0 Å². The Morgan fingerprint density at radius 2 is 1.75 bits per heavy atom. The first-order valence-corrected chi connectivity index (χ1v) is 19.1. The number of carboxylic acids is 1. The van der Waals surface area contributed by atoms with Crippen molar-refractivity contribution in [3.05, 3.63) is 94.4 Å². The van der Waals surface area contributed by atoms with E-state index in [2.05, 4.69) is 30.7 Å². The van der Waals surface area contributed by atoms with E-state index >= 15 is 0 Å². The number of nitriles is 1. The zero-order chi connectivity index (χ0) is 32.0. The third-order valence-corrected chi connectivity index (χ3v) is 10.9. The summed E-state index contributed by atoms with van der Waals surface area (Å²) in [4.78, 5) is 31.5. The molecular weight excluding hydrogens is 597 g/mol. The molecule has 2 aromatic heterocycles. The molecule has 0 bridgehead atoms. The average Bonchev–Trinajstić information content (AvgIpc) is 3.57. The standard InChI is InChI=1S/C32H32N4O6SSi/c1-20-6-9-23(10-7-20)43(40,41)36-13-12-24-28(25(32(38)39)16-21(2)29(24)36)30(37)31-34-26-17-22(18-33)8-11-27(26)35(31)19-42-14-15-44(3,4)5/h6-13,16-17H,14-15,19H2,1-5H3,(H,38,39). The first-order valence-electron chi connectivity index (χ1n) is 14.0. The number of carbonyl (C=O) groups excluding carboxylic acids is 1. The number of hydrogen-bond donors (Lipinski definition) is 1. The number of hydrogen-bond acceptors (Lipinski definition) is 7. The van der Waals surface area contributed by atoms with Gasteiger partial charge in [-0.15, -0.1) is 0 Å². The minimum Gasteiger partial charge on any atom is -0.478 e. The number of aryl methyl sites for hydroxylation is 2. The molecule has 0 spiro atoms. The number of ketones is 1. The van der Waals surface area contributed by atoms with Crippen molar-refractivity contribution in [2.45, 2.75) is 51.2 Å². The summed E-state index contributed by atoms with van der Waals surface area (Å²) in [5.41, 5.74) is 2.27. The molecule has 5 rings (SSSR count). The van der Waals surface area contributed by atoms with Crippen LogP contribution in [0.3, 0.4) is 0 Å². The third kappa shape index (κ3) is 5.69. The maximum Gasteiger partial charge on any atom is 0.336 e. The summed E-state index contributed by atoms with van der Waals surface area (Å²) in [6.07, 6.45) is 1.33. The Labute approximate surface area is 256 Å². The highest BCUT2D eigenvalue weighted by molar-refractivity contribution is 7.90. The molecule has 0 fully saturated rings. The third-order valence-electron chi connectivity index (χ3n) is 7.46. The normalized spacial score (nSPS) is 12.1. The first kappa shape index (κ1) is 30.9. The smallest absolute Gasteiger partial charge is 0.336 e. The molecule has 0 aliphatic heterocycles. The van der Waals surface area contributed by atoms with E-state index in [-0.39, 0.29) is 39.5 Å². The molecule has 0 amide bonds. The van der Waals surface area contributed by atoms with E-state index in [1.165, 1.54) is 30.5 Å². The number of ether oxygens (including phenoxy) is 1. The van der Waals surface area contributed by atoms with Gasteiger partial charge in [-0.1, -0.05) is 37.3 Å². The van der Waals surface area contributed by atoms with Crippen molar-refractivity contribution in [1.29, 1.82) is 5.26 Å². The minimum atomic E-state index is -4.08. The second-order valence-electron chi connectivity index (χ2n) is 12.0. The number of carbonyl (C=O) groups is 2. The van der Waals surface area contributed by atoms with Gasteiger partial charge < -0.3 is 9.84 Å². The molecular formula is C32H32N4O6SSi. The molecule has 0 saturated heterocycles. The van der Waals surface area contributed by atoms with Gasteiger partial charge in [0.1, 0.15) is 6.73 Å². The van der Waals surface area contributed by atoms with Crippen LogP contribution in [-0.2, 0) is 21.5 Å². The van der Waals surface area contributed by atoms with Crippen LogP contribution in [0.15, 0.2) is 65.7 Å². The molecule has 0 radical (unpaired) electrons. The van der Waals surface area contributed by atoms with Gasteiger partial charge in [-0.25, -0.2) is 22.2 Å². The van der Waals surface area contributed by atoms with Crippen LogP contribution in [0.4, 0.5) is 0 Å². The van der Waals surface area contributed by atoms with Crippen LogP contribution in [-0.4, -0.2) is 53.5 Å². The van der Waals surface area contributed by atoms with Crippen LogP contribution >= 0.6 is 0 Å².